The number of nitrogens with one attached hydrogen (secondary N) is 1. The molecule has 0 aliphatic rings. The highest BCUT2D eigenvalue weighted by molar-refractivity contribution is 14.1. The Morgan fingerprint density at radius 2 is 1.75 bits per heavy atom. The fourth-order valence-corrected chi connectivity index (χ4v) is 1.94. The van der Waals surface area contributed by atoms with Gasteiger partial charge in [-0.1, -0.05) is 0 Å². The lowest BCUT2D eigenvalue weighted by molar-refractivity contribution is -0.122. The van der Waals surface area contributed by atoms with Crippen molar-refractivity contribution in [2.45, 2.75) is 13.0 Å². The number of carbonyl (C=O) groups is 1. The van der Waals surface area contributed by atoms with Gasteiger partial charge in [0.2, 0.25) is 0 Å². The van der Waals surface area contributed by atoms with E-state index in [2.05, 4.69) is 27.9 Å². The predicted octanol–water partition coefficient (Wildman–Crippen LogP) is 3.28. The molecule has 2 aromatic carbocycles. The second kappa shape index (κ2) is 6.60. The number of nitrogens with two attached hydrogens (primary N) is 1. The average molecular weight is 382 g/mol. The third kappa shape index (κ3) is 4.12. The van der Waals surface area contributed by atoms with Crippen LogP contribution in [0.2, 0.25) is 0 Å². The van der Waals surface area contributed by atoms with E-state index in [4.69, 9.17) is 10.5 Å². The van der Waals surface area contributed by atoms with Crippen molar-refractivity contribution in [3.05, 3.63) is 52.1 Å². The van der Waals surface area contributed by atoms with Gasteiger partial charge in [0, 0.05) is 14.9 Å². The van der Waals surface area contributed by atoms with Gasteiger partial charge in [-0.05, 0) is 78.0 Å². The Bertz CT molecular complexity index is 582. The van der Waals surface area contributed by atoms with E-state index in [1.807, 2.05) is 24.3 Å². The van der Waals surface area contributed by atoms with Crippen LogP contribution in [0.5, 0.6) is 5.75 Å². The third-order valence-electron chi connectivity index (χ3n) is 2.67. The van der Waals surface area contributed by atoms with Crippen LogP contribution in [-0.4, -0.2) is 12.0 Å². The summed E-state index contributed by atoms with van der Waals surface area (Å²) >= 11 is 2.22. The van der Waals surface area contributed by atoms with Crippen LogP contribution in [-0.2, 0) is 4.79 Å². The SMILES string of the molecule is CC(Oc1ccc(I)cc1)C(=O)Nc1ccc(N)cc1. The Kier molecular flexibility index (Phi) is 4.84. The van der Waals surface area contributed by atoms with Gasteiger partial charge in [0.1, 0.15) is 5.75 Å². The quantitative estimate of drug-likeness (QED) is 0.630. The highest BCUT2D eigenvalue weighted by Crippen LogP contribution is 2.16. The van der Waals surface area contributed by atoms with Gasteiger partial charge in [0.05, 0.1) is 0 Å². The summed E-state index contributed by atoms with van der Waals surface area (Å²) in [6, 6.07) is 14.5. The molecule has 1 unspecified atom stereocenters. The van der Waals surface area contributed by atoms with Crippen molar-refractivity contribution in [2.24, 2.45) is 0 Å². The van der Waals surface area contributed by atoms with Crippen LogP contribution in [0.25, 0.3) is 0 Å². The molecule has 2 rings (SSSR count). The molecule has 0 fully saturated rings. The standard InChI is InChI=1S/C15H15IN2O2/c1-10(20-14-8-2-11(16)3-9-14)15(19)18-13-6-4-12(17)5-7-13/h2-10H,17H2,1H3,(H,18,19). The monoisotopic (exact) mass is 382 g/mol. The van der Waals surface area contributed by atoms with Crippen LogP contribution < -0.4 is 15.8 Å². The molecule has 1 atom stereocenters. The van der Waals surface area contributed by atoms with Crippen molar-refractivity contribution in [1.82, 2.24) is 0 Å². The van der Waals surface area contributed by atoms with Gasteiger partial charge < -0.3 is 15.8 Å². The fraction of sp³-hybridized carbons (Fsp3) is 0.133. The van der Waals surface area contributed by atoms with Gasteiger partial charge in [0.15, 0.2) is 6.10 Å². The van der Waals surface area contributed by atoms with Crippen molar-refractivity contribution in [3.8, 4) is 5.75 Å². The lowest BCUT2D eigenvalue weighted by atomic mass is 10.2. The van der Waals surface area contributed by atoms with Crippen molar-refractivity contribution < 1.29 is 9.53 Å². The second-order valence-corrected chi connectivity index (χ2v) is 5.57. The summed E-state index contributed by atoms with van der Waals surface area (Å²) in [4.78, 5) is 12.0. The Morgan fingerprint density at radius 3 is 2.35 bits per heavy atom. The van der Waals surface area contributed by atoms with Crippen LogP contribution >= 0.6 is 22.6 Å². The minimum Gasteiger partial charge on any atom is -0.481 e. The van der Waals surface area contributed by atoms with Crippen molar-refractivity contribution in [2.75, 3.05) is 11.1 Å². The predicted molar refractivity (Wildman–Crippen MR) is 88.7 cm³/mol. The maximum Gasteiger partial charge on any atom is 0.265 e. The van der Waals surface area contributed by atoms with Crippen LogP contribution in [0.15, 0.2) is 48.5 Å². The summed E-state index contributed by atoms with van der Waals surface area (Å²) in [6.07, 6.45) is -0.576. The number of rotatable bonds is 4. The zero-order valence-corrected chi connectivity index (χ0v) is 13.1. The number of anilines is 2. The number of ether oxygens (including phenoxy) is 1. The molecule has 0 bridgehead atoms. The molecule has 0 heterocycles. The second-order valence-electron chi connectivity index (χ2n) is 4.33. The van der Waals surface area contributed by atoms with Crippen LogP contribution in [0.4, 0.5) is 11.4 Å². The summed E-state index contributed by atoms with van der Waals surface area (Å²) in [5.74, 6) is 0.471. The van der Waals surface area contributed by atoms with Gasteiger partial charge in [-0.15, -0.1) is 0 Å². The number of hydrogen-bond acceptors (Lipinski definition) is 3. The smallest absolute Gasteiger partial charge is 0.265 e. The number of halogens is 1. The van der Waals surface area contributed by atoms with Gasteiger partial charge >= 0.3 is 0 Å². The van der Waals surface area contributed by atoms with Crippen molar-refractivity contribution in [1.29, 1.82) is 0 Å². The molecule has 5 heteroatoms. The highest BCUT2D eigenvalue weighted by atomic mass is 127. The van der Waals surface area contributed by atoms with E-state index >= 15 is 0 Å². The summed E-state index contributed by atoms with van der Waals surface area (Å²) < 4.78 is 6.71. The van der Waals surface area contributed by atoms with Crippen LogP contribution in [0, 0.1) is 3.57 Å². The fourth-order valence-electron chi connectivity index (χ4n) is 1.58. The largest absolute Gasteiger partial charge is 0.481 e. The summed E-state index contributed by atoms with van der Waals surface area (Å²) in [5, 5.41) is 2.78. The number of carbonyl (C=O) groups excluding carboxylic acids is 1. The average Bonchev–Trinajstić information content (AvgIpc) is 2.44. The van der Waals surface area contributed by atoms with E-state index in [1.165, 1.54) is 0 Å². The summed E-state index contributed by atoms with van der Waals surface area (Å²) in [7, 11) is 0. The molecule has 104 valence electrons. The molecule has 0 spiro atoms. The highest BCUT2D eigenvalue weighted by Gasteiger charge is 2.14. The van der Waals surface area contributed by atoms with E-state index in [0.717, 1.165) is 3.57 Å². The lowest BCUT2D eigenvalue weighted by Crippen LogP contribution is -2.30. The van der Waals surface area contributed by atoms with E-state index in [9.17, 15) is 4.79 Å². The third-order valence-corrected chi connectivity index (χ3v) is 3.39. The van der Waals surface area contributed by atoms with Crippen molar-refractivity contribution in [3.63, 3.8) is 0 Å². The minimum atomic E-state index is -0.576. The van der Waals surface area contributed by atoms with Gasteiger partial charge in [-0.2, -0.15) is 0 Å². The molecule has 0 aliphatic carbocycles. The zero-order chi connectivity index (χ0) is 14.5. The molecule has 0 saturated carbocycles. The molecule has 0 radical (unpaired) electrons. The van der Waals surface area contributed by atoms with E-state index in [1.54, 1.807) is 31.2 Å². The number of nitrogen functional groups attached to an aromatic ring is 1. The first kappa shape index (κ1) is 14.6. The zero-order valence-electron chi connectivity index (χ0n) is 11.0. The first-order chi connectivity index (χ1) is 9.54. The Hall–Kier alpha value is -1.76. The summed E-state index contributed by atoms with van der Waals surface area (Å²) in [6.45, 7) is 1.71. The van der Waals surface area contributed by atoms with Gasteiger partial charge in [-0.25, -0.2) is 0 Å². The Balaban J connectivity index is 1.94. The number of amides is 1. The molecule has 0 aromatic heterocycles. The molecule has 0 saturated heterocycles. The molecular weight excluding hydrogens is 367 g/mol. The number of benzene rings is 2. The molecular formula is C15H15IN2O2. The molecule has 0 aliphatic heterocycles. The van der Waals surface area contributed by atoms with Crippen molar-refractivity contribution >= 4 is 39.9 Å². The molecule has 1 amide bonds. The maximum atomic E-state index is 12.0. The lowest BCUT2D eigenvalue weighted by Gasteiger charge is -2.14. The van der Waals surface area contributed by atoms with E-state index < -0.39 is 6.10 Å². The number of hydrogen-bond donors (Lipinski definition) is 2. The molecule has 2 aromatic rings. The topological polar surface area (TPSA) is 64.3 Å². The minimum absolute atomic E-state index is 0.201. The van der Waals surface area contributed by atoms with Crippen LogP contribution in [0.3, 0.4) is 0 Å². The van der Waals surface area contributed by atoms with E-state index in [0.29, 0.717) is 17.1 Å². The van der Waals surface area contributed by atoms with Gasteiger partial charge in [-0.3, -0.25) is 4.79 Å². The van der Waals surface area contributed by atoms with Gasteiger partial charge in [0.25, 0.3) is 5.91 Å². The summed E-state index contributed by atoms with van der Waals surface area (Å²) in [5.41, 5.74) is 6.95. The van der Waals surface area contributed by atoms with Crippen LogP contribution in [0.1, 0.15) is 6.92 Å². The Labute approximate surface area is 131 Å². The first-order valence-electron chi connectivity index (χ1n) is 6.13. The first-order valence-corrected chi connectivity index (χ1v) is 7.21. The molecule has 3 N–H and O–H groups in total. The van der Waals surface area contributed by atoms with E-state index in [-0.39, 0.29) is 5.91 Å². The Morgan fingerprint density at radius 1 is 1.15 bits per heavy atom. The molecule has 20 heavy (non-hydrogen) atoms. The normalized spacial score (nSPS) is 11.7. The maximum absolute atomic E-state index is 12.0. The molecule has 4 nitrogen and oxygen atoms in total.